The molecule has 2 atom stereocenters. The number of carbonyl (C=O) groups excluding carboxylic acids is 1. The minimum absolute atomic E-state index is 0.0906. The number of alkyl carbamates (subject to hydrolysis) is 1. The predicted octanol–water partition coefficient (Wildman–Crippen LogP) is 5.00. The maximum atomic E-state index is 12.5. The number of fused-ring (bicyclic) bond motifs is 1. The highest BCUT2D eigenvalue weighted by Gasteiger charge is 2.50. The first-order chi connectivity index (χ1) is 17.1. The summed E-state index contributed by atoms with van der Waals surface area (Å²) in [6.45, 7) is 9.68. The van der Waals surface area contributed by atoms with Gasteiger partial charge in [-0.2, -0.15) is 5.10 Å². The van der Waals surface area contributed by atoms with E-state index in [4.69, 9.17) is 37.7 Å². The summed E-state index contributed by atoms with van der Waals surface area (Å²) >= 11 is 12.7. The Bertz CT molecular complexity index is 1280. The molecule has 0 aliphatic carbocycles. The number of benzene rings is 1. The number of anilines is 1. The van der Waals surface area contributed by atoms with Crippen LogP contribution in [-0.4, -0.2) is 63.1 Å². The van der Waals surface area contributed by atoms with E-state index in [0.717, 1.165) is 37.3 Å². The Balaban J connectivity index is 1.36. The van der Waals surface area contributed by atoms with Gasteiger partial charge in [-0.25, -0.2) is 19.3 Å². The fourth-order valence-electron chi connectivity index (χ4n) is 5.22. The predicted molar refractivity (Wildman–Crippen MR) is 139 cm³/mol. The third kappa shape index (κ3) is 4.60. The van der Waals surface area contributed by atoms with Crippen molar-refractivity contribution in [3.05, 3.63) is 40.8 Å². The lowest BCUT2D eigenvalue weighted by Gasteiger charge is -2.43. The number of ether oxygens (including phenoxy) is 2. The van der Waals surface area contributed by atoms with Gasteiger partial charge in [0.15, 0.2) is 11.5 Å². The lowest BCUT2D eigenvalue weighted by atomic mass is 9.73. The molecule has 36 heavy (non-hydrogen) atoms. The first-order valence-corrected chi connectivity index (χ1v) is 12.8. The molecular formula is C25H30Cl2N6O3. The van der Waals surface area contributed by atoms with Crippen LogP contribution in [0.1, 0.15) is 40.5 Å². The van der Waals surface area contributed by atoms with Crippen LogP contribution in [0.5, 0.6) is 0 Å². The van der Waals surface area contributed by atoms with Gasteiger partial charge in [0.05, 0.1) is 40.7 Å². The van der Waals surface area contributed by atoms with E-state index in [1.807, 2.05) is 39.8 Å². The molecule has 0 bridgehead atoms. The van der Waals surface area contributed by atoms with Crippen LogP contribution in [0.25, 0.3) is 16.9 Å². The smallest absolute Gasteiger partial charge is 0.407 e. The van der Waals surface area contributed by atoms with Crippen molar-refractivity contribution >= 4 is 40.8 Å². The van der Waals surface area contributed by atoms with Crippen LogP contribution in [0.3, 0.4) is 0 Å². The highest BCUT2D eigenvalue weighted by atomic mass is 35.5. The first-order valence-electron chi connectivity index (χ1n) is 12.1. The van der Waals surface area contributed by atoms with Gasteiger partial charge < -0.3 is 19.7 Å². The van der Waals surface area contributed by atoms with Gasteiger partial charge >= 0.3 is 6.09 Å². The fourth-order valence-corrected chi connectivity index (χ4v) is 5.62. The van der Waals surface area contributed by atoms with Gasteiger partial charge in [0.25, 0.3) is 0 Å². The molecule has 0 saturated carbocycles. The fraction of sp³-hybridized carbons (Fsp3) is 0.520. The molecule has 3 aromatic rings. The Kier molecular flexibility index (Phi) is 6.51. The lowest BCUT2D eigenvalue weighted by Crippen LogP contribution is -2.55. The Morgan fingerprint density at radius 2 is 1.97 bits per heavy atom. The van der Waals surface area contributed by atoms with Crippen molar-refractivity contribution in [1.82, 2.24) is 24.9 Å². The zero-order chi connectivity index (χ0) is 25.7. The van der Waals surface area contributed by atoms with Crippen LogP contribution in [0.2, 0.25) is 10.0 Å². The Morgan fingerprint density at radius 1 is 1.22 bits per heavy atom. The van der Waals surface area contributed by atoms with Gasteiger partial charge in [-0.1, -0.05) is 35.3 Å². The molecule has 5 rings (SSSR count). The van der Waals surface area contributed by atoms with Crippen molar-refractivity contribution in [2.45, 2.75) is 58.3 Å². The molecule has 192 valence electrons. The average molecular weight is 533 g/mol. The van der Waals surface area contributed by atoms with Crippen molar-refractivity contribution < 1.29 is 14.3 Å². The molecule has 2 aliphatic rings. The van der Waals surface area contributed by atoms with E-state index < -0.39 is 11.7 Å². The molecule has 1 spiro atoms. The molecule has 4 heterocycles. The third-order valence-corrected chi connectivity index (χ3v) is 7.83. The van der Waals surface area contributed by atoms with Crippen molar-refractivity contribution in [3.8, 4) is 11.3 Å². The number of piperidine rings is 1. The highest BCUT2D eigenvalue weighted by Crippen LogP contribution is 2.43. The number of rotatable bonds is 3. The van der Waals surface area contributed by atoms with Gasteiger partial charge in [-0.05, 0) is 46.6 Å². The average Bonchev–Trinajstić information content (AvgIpc) is 3.42. The highest BCUT2D eigenvalue weighted by molar-refractivity contribution is 6.43. The van der Waals surface area contributed by atoms with E-state index in [0.29, 0.717) is 28.0 Å². The number of nitrogens with one attached hydrogen (secondary N) is 1. The number of hydrogen-bond donors (Lipinski definition) is 1. The summed E-state index contributed by atoms with van der Waals surface area (Å²) in [5.74, 6) is 0.757. The summed E-state index contributed by atoms with van der Waals surface area (Å²) in [7, 11) is 0. The number of nitrogens with zero attached hydrogens (tertiary/aromatic N) is 5. The SMILES string of the molecule is C[C@@H]1OCC2(CCN(c3ncc(-c4cccc(Cl)c4Cl)n4ncnc34)CC2)[C@@H]1NC(=O)OC(C)(C)C. The van der Waals surface area contributed by atoms with Crippen molar-refractivity contribution in [2.24, 2.45) is 5.41 Å². The molecule has 2 fully saturated rings. The molecule has 1 N–H and O–H groups in total. The van der Waals surface area contributed by atoms with E-state index in [1.54, 1.807) is 16.8 Å². The minimum Gasteiger partial charge on any atom is -0.444 e. The van der Waals surface area contributed by atoms with E-state index in [1.165, 1.54) is 6.33 Å². The van der Waals surface area contributed by atoms with Gasteiger partial charge in [0.2, 0.25) is 0 Å². The maximum absolute atomic E-state index is 12.5. The van der Waals surface area contributed by atoms with Gasteiger partial charge in [0.1, 0.15) is 11.9 Å². The quantitative estimate of drug-likeness (QED) is 0.507. The molecule has 2 aliphatic heterocycles. The second-order valence-electron chi connectivity index (χ2n) is 10.6. The second-order valence-corrected chi connectivity index (χ2v) is 11.3. The lowest BCUT2D eigenvalue weighted by molar-refractivity contribution is 0.0434. The molecule has 9 nitrogen and oxygen atoms in total. The summed E-state index contributed by atoms with van der Waals surface area (Å²) in [4.78, 5) is 24.0. The van der Waals surface area contributed by atoms with E-state index >= 15 is 0 Å². The number of amides is 1. The number of halogens is 2. The third-order valence-electron chi connectivity index (χ3n) is 7.01. The van der Waals surface area contributed by atoms with E-state index in [-0.39, 0.29) is 17.6 Å². The van der Waals surface area contributed by atoms with Gasteiger partial charge in [0, 0.05) is 24.1 Å². The first kappa shape index (κ1) is 25.0. The summed E-state index contributed by atoms with van der Waals surface area (Å²) < 4.78 is 13.3. The molecule has 0 unspecified atom stereocenters. The largest absolute Gasteiger partial charge is 0.444 e. The number of carbonyl (C=O) groups is 1. The van der Waals surface area contributed by atoms with Crippen LogP contribution in [0, 0.1) is 5.41 Å². The van der Waals surface area contributed by atoms with Gasteiger partial charge in [-0.15, -0.1) is 0 Å². The maximum Gasteiger partial charge on any atom is 0.407 e. The Labute approximate surface area is 220 Å². The second kappa shape index (κ2) is 9.36. The van der Waals surface area contributed by atoms with Crippen molar-refractivity contribution in [2.75, 3.05) is 24.6 Å². The molecule has 1 amide bonds. The zero-order valence-corrected chi connectivity index (χ0v) is 22.3. The van der Waals surface area contributed by atoms with Crippen LogP contribution in [0.15, 0.2) is 30.7 Å². The topological polar surface area (TPSA) is 93.9 Å². The normalized spacial score (nSPS) is 21.8. The molecule has 11 heteroatoms. The van der Waals surface area contributed by atoms with E-state index in [2.05, 4.69) is 20.3 Å². The Morgan fingerprint density at radius 3 is 2.69 bits per heavy atom. The summed E-state index contributed by atoms with van der Waals surface area (Å²) in [6, 6.07) is 5.35. The monoisotopic (exact) mass is 532 g/mol. The van der Waals surface area contributed by atoms with Crippen LogP contribution in [0.4, 0.5) is 10.6 Å². The van der Waals surface area contributed by atoms with Crippen LogP contribution < -0.4 is 10.2 Å². The van der Waals surface area contributed by atoms with Crippen molar-refractivity contribution in [1.29, 1.82) is 0 Å². The minimum atomic E-state index is -0.555. The summed E-state index contributed by atoms with van der Waals surface area (Å²) in [5, 5.41) is 8.44. The molecular weight excluding hydrogens is 503 g/mol. The van der Waals surface area contributed by atoms with Gasteiger partial charge in [-0.3, -0.25) is 0 Å². The summed E-state index contributed by atoms with van der Waals surface area (Å²) in [6.07, 6.45) is 4.44. The summed E-state index contributed by atoms with van der Waals surface area (Å²) in [5.41, 5.74) is 1.39. The molecule has 2 saturated heterocycles. The van der Waals surface area contributed by atoms with Crippen LogP contribution >= 0.6 is 23.2 Å². The molecule has 1 aromatic carbocycles. The zero-order valence-electron chi connectivity index (χ0n) is 20.8. The Hall–Kier alpha value is -2.62. The number of aromatic nitrogens is 4. The van der Waals surface area contributed by atoms with E-state index in [9.17, 15) is 4.79 Å². The molecule has 0 radical (unpaired) electrons. The van der Waals surface area contributed by atoms with Crippen LogP contribution in [-0.2, 0) is 9.47 Å². The molecule has 2 aromatic heterocycles. The standard InChI is InChI=1S/C25H30Cl2N6O3/c1-15-20(31-23(34)36-24(2,3)4)25(13-35-15)8-10-32(11-9-25)21-22-29-14-30-33(22)18(12-28-21)16-6-5-7-17(26)19(16)27/h5-7,12,14-15,20H,8-11,13H2,1-4H3,(H,31,34)/t15-,20+/m0/s1. The van der Waals surface area contributed by atoms with Crippen molar-refractivity contribution in [3.63, 3.8) is 0 Å². The number of hydrogen-bond acceptors (Lipinski definition) is 7.